The third-order valence-electron chi connectivity index (χ3n) is 3.50. The fourth-order valence-corrected chi connectivity index (χ4v) is 2.71. The number of aryl methyl sites for hydroxylation is 3. The van der Waals surface area contributed by atoms with Crippen molar-refractivity contribution in [1.82, 2.24) is 24.5 Å². The van der Waals surface area contributed by atoms with Gasteiger partial charge in [0.2, 0.25) is 0 Å². The maximum absolute atomic E-state index is 12.5. The zero-order valence-corrected chi connectivity index (χ0v) is 13.9. The van der Waals surface area contributed by atoms with E-state index < -0.39 is 0 Å². The van der Waals surface area contributed by atoms with Crippen LogP contribution in [0.2, 0.25) is 0 Å². The molecule has 20 heavy (non-hydrogen) atoms. The molecule has 0 atom stereocenters. The Hall–Kier alpha value is -1.63. The molecule has 0 spiro atoms. The molecule has 0 unspecified atom stereocenters. The second-order valence-electron chi connectivity index (χ2n) is 4.90. The van der Waals surface area contributed by atoms with Crippen LogP contribution in [0, 0.1) is 13.8 Å². The van der Waals surface area contributed by atoms with Crippen molar-refractivity contribution in [3.05, 3.63) is 33.3 Å². The van der Waals surface area contributed by atoms with Crippen LogP contribution in [0.3, 0.4) is 0 Å². The molecule has 2 heterocycles. The molecule has 0 aliphatic carbocycles. The van der Waals surface area contributed by atoms with Crippen LogP contribution in [0.4, 0.5) is 0 Å². The Kier molecular flexibility index (Phi) is 3.99. The topological polar surface area (TPSA) is 56.0 Å². The lowest BCUT2D eigenvalue weighted by Crippen LogP contribution is -2.28. The summed E-state index contributed by atoms with van der Waals surface area (Å²) < 4.78 is 4.12. The summed E-state index contributed by atoms with van der Waals surface area (Å²) in [5.41, 5.74) is 3.66. The lowest BCUT2D eigenvalue weighted by molar-refractivity contribution is 0.0773. The smallest absolute Gasteiger partial charge is 0.273 e. The minimum atomic E-state index is -0.0699. The van der Waals surface area contributed by atoms with E-state index in [0.717, 1.165) is 17.0 Å². The van der Waals surface area contributed by atoms with E-state index in [4.69, 9.17) is 0 Å². The molecule has 6 nitrogen and oxygen atoms in total. The van der Waals surface area contributed by atoms with E-state index in [2.05, 4.69) is 26.1 Å². The minimum absolute atomic E-state index is 0.0699. The molecule has 108 valence electrons. The van der Waals surface area contributed by atoms with Crippen LogP contribution in [0.5, 0.6) is 0 Å². The summed E-state index contributed by atoms with van der Waals surface area (Å²) in [6, 6.07) is 0. The summed E-state index contributed by atoms with van der Waals surface area (Å²) in [7, 11) is 5.45. The van der Waals surface area contributed by atoms with Gasteiger partial charge in [-0.25, -0.2) is 0 Å². The van der Waals surface area contributed by atoms with Crippen molar-refractivity contribution in [2.75, 3.05) is 7.05 Å². The number of amides is 1. The van der Waals surface area contributed by atoms with E-state index >= 15 is 0 Å². The SMILES string of the molecule is Cc1nn(C)c(C)c1CN(C)C(=O)c1c(Br)cnn1C. The number of carbonyl (C=O) groups is 1. The molecule has 7 heteroatoms. The number of rotatable bonds is 3. The van der Waals surface area contributed by atoms with Gasteiger partial charge in [-0.3, -0.25) is 14.2 Å². The standard InChI is InChI=1S/C13H18BrN5O/c1-8-10(9(2)18(4)16-8)7-17(3)13(20)12-11(14)6-15-19(12)5/h6H,7H2,1-5H3. The van der Waals surface area contributed by atoms with Gasteiger partial charge >= 0.3 is 0 Å². The molecule has 0 fully saturated rings. The Bertz CT molecular complexity index is 639. The van der Waals surface area contributed by atoms with Crippen molar-refractivity contribution in [1.29, 1.82) is 0 Å². The number of nitrogens with zero attached hydrogens (tertiary/aromatic N) is 5. The summed E-state index contributed by atoms with van der Waals surface area (Å²) in [4.78, 5) is 14.2. The van der Waals surface area contributed by atoms with Gasteiger partial charge in [0.1, 0.15) is 5.69 Å². The fraction of sp³-hybridized carbons (Fsp3) is 0.462. The summed E-state index contributed by atoms with van der Waals surface area (Å²) >= 11 is 3.36. The summed E-state index contributed by atoms with van der Waals surface area (Å²) in [5.74, 6) is -0.0699. The highest BCUT2D eigenvalue weighted by atomic mass is 79.9. The molecule has 2 aromatic rings. The van der Waals surface area contributed by atoms with Crippen LogP contribution in [-0.4, -0.2) is 37.4 Å². The van der Waals surface area contributed by atoms with E-state index in [-0.39, 0.29) is 5.91 Å². The van der Waals surface area contributed by atoms with Crippen molar-refractivity contribution in [3.8, 4) is 0 Å². The van der Waals surface area contributed by atoms with Crippen LogP contribution in [0.25, 0.3) is 0 Å². The van der Waals surface area contributed by atoms with Gasteiger partial charge < -0.3 is 4.90 Å². The molecule has 1 amide bonds. The molecule has 2 aromatic heterocycles. The minimum Gasteiger partial charge on any atom is -0.336 e. The van der Waals surface area contributed by atoms with Gasteiger partial charge in [0, 0.05) is 38.9 Å². The zero-order chi connectivity index (χ0) is 15.0. The number of hydrogen-bond acceptors (Lipinski definition) is 3. The highest BCUT2D eigenvalue weighted by molar-refractivity contribution is 9.10. The largest absolute Gasteiger partial charge is 0.336 e. The first-order valence-corrected chi connectivity index (χ1v) is 7.04. The molecular weight excluding hydrogens is 322 g/mol. The second kappa shape index (κ2) is 5.40. The van der Waals surface area contributed by atoms with E-state index in [1.165, 1.54) is 0 Å². The normalized spacial score (nSPS) is 10.9. The van der Waals surface area contributed by atoms with Crippen LogP contribution in [0.15, 0.2) is 10.7 Å². The lowest BCUT2D eigenvalue weighted by atomic mass is 10.2. The van der Waals surface area contributed by atoms with Crippen LogP contribution >= 0.6 is 15.9 Å². The molecular formula is C13H18BrN5O. The third kappa shape index (κ3) is 2.49. The Balaban J connectivity index is 2.24. The Morgan fingerprint density at radius 1 is 1.35 bits per heavy atom. The highest BCUT2D eigenvalue weighted by Gasteiger charge is 2.21. The van der Waals surface area contributed by atoms with Crippen molar-refractivity contribution in [3.63, 3.8) is 0 Å². The predicted octanol–water partition coefficient (Wildman–Crippen LogP) is 1.81. The maximum atomic E-state index is 12.5. The van der Waals surface area contributed by atoms with E-state index in [0.29, 0.717) is 16.7 Å². The Morgan fingerprint density at radius 2 is 2.00 bits per heavy atom. The number of hydrogen-bond donors (Lipinski definition) is 0. The van der Waals surface area contributed by atoms with E-state index in [9.17, 15) is 4.79 Å². The number of carbonyl (C=O) groups excluding carboxylic acids is 1. The molecule has 0 bridgehead atoms. The van der Waals surface area contributed by atoms with E-state index in [1.54, 1.807) is 29.9 Å². The van der Waals surface area contributed by atoms with Gasteiger partial charge in [-0.05, 0) is 29.8 Å². The first-order chi connectivity index (χ1) is 9.32. The average Bonchev–Trinajstić information content (AvgIpc) is 2.83. The summed E-state index contributed by atoms with van der Waals surface area (Å²) in [5, 5.41) is 8.44. The predicted molar refractivity (Wildman–Crippen MR) is 79.4 cm³/mol. The monoisotopic (exact) mass is 339 g/mol. The van der Waals surface area contributed by atoms with Crippen molar-refractivity contribution < 1.29 is 4.79 Å². The van der Waals surface area contributed by atoms with Gasteiger partial charge in [0.05, 0.1) is 16.4 Å². The van der Waals surface area contributed by atoms with Crippen LogP contribution in [0.1, 0.15) is 27.4 Å². The molecule has 0 radical (unpaired) electrons. The first-order valence-electron chi connectivity index (χ1n) is 6.25. The van der Waals surface area contributed by atoms with Crippen molar-refractivity contribution in [2.24, 2.45) is 14.1 Å². The molecule has 0 N–H and O–H groups in total. The average molecular weight is 340 g/mol. The molecule has 0 aliphatic heterocycles. The third-order valence-corrected chi connectivity index (χ3v) is 4.08. The highest BCUT2D eigenvalue weighted by Crippen LogP contribution is 2.19. The quantitative estimate of drug-likeness (QED) is 0.856. The molecule has 0 aliphatic rings. The van der Waals surface area contributed by atoms with Crippen molar-refractivity contribution in [2.45, 2.75) is 20.4 Å². The fourth-order valence-electron chi connectivity index (χ4n) is 2.19. The van der Waals surface area contributed by atoms with E-state index in [1.807, 2.05) is 25.6 Å². The van der Waals surface area contributed by atoms with Crippen LogP contribution in [-0.2, 0) is 20.6 Å². The van der Waals surface area contributed by atoms with Crippen LogP contribution < -0.4 is 0 Å². The van der Waals surface area contributed by atoms with Crippen molar-refractivity contribution >= 4 is 21.8 Å². The Morgan fingerprint density at radius 3 is 2.45 bits per heavy atom. The van der Waals surface area contributed by atoms with Gasteiger partial charge in [0.25, 0.3) is 5.91 Å². The molecule has 0 saturated heterocycles. The summed E-state index contributed by atoms with van der Waals surface area (Å²) in [6.45, 7) is 4.50. The molecule has 0 saturated carbocycles. The van der Waals surface area contributed by atoms with Gasteiger partial charge in [-0.15, -0.1) is 0 Å². The first kappa shape index (κ1) is 14.8. The Labute approximate surface area is 126 Å². The van der Waals surface area contributed by atoms with Gasteiger partial charge in [-0.2, -0.15) is 10.2 Å². The maximum Gasteiger partial charge on any atom is 0.273 e. The van der Waals surface area contributed by atoms with Gasteiger partial charge in [-0.1, -0.05) is 0 Å². The molecule has 0 aromatic carbocycles. The zero-order valence-electron chi connectivity index (χ0n) is 12.3. The summed E-state index contributed by atoms with van der Waals surface area (Å²) in [6.07, 6.45) is 1.63. The second-order valence-corrected chi connectivity index (χ2v) is 5.75. The lowest BCUT2D eigenvalue weighted by Gasteiger charge is -2.18. The molecule has 2 rings (SSSR count). The number of aromatic nitrogens is 4. The number of halogens is 1. The van der Waals surface area contributed by atoms with Gasteiger partial charge in [0.15, 0.2) is 0 Å².